The Balaban J connectivity index is 2.60. The lowest BCUT2D eigenvalue weighted by Crippen LogP contribution is -2.25. The summed E-state index contributed by atoms with van der Waals surface area (Å²) in [6, 6.07) is 3.80. The number of ether oxygens (including phenoxy) is 1. The number of methoxy groups -OCH3 is 1. The number of halogens is 1. The van der Waals surface area contributed by atoms with Crippen molar-refractivity contribution in [3.8, 4) is 0 Å². The van der Waals surface area contributed by atoms with Crippen LogP contribution in [0, 0.1) is 0 Å². The van der Waals surface area contributed by atoms with E-state index < -0.39 is 0 Å². The first-order valence-corrected chi connectivity index (χ1v) is 6.17. The summed E-state index contributed by atoms with van der Waals surface area (Å²) in [5.41, 5.74) is 6.90. The molecule has 0 aliphatic carbocycles. The molecule has 0 spiro atoms. The fourth-order valence-corrected chi connectivity index (χ4v) is 1.96. The lowest BCUT2D eigenvalue weighted by Gasteiger charge is -2.24. The van der Waals surface area contributed by atoms with Gasteiger partial charge in [-0.3, -0.25) is 4.98 Å². The van der Waals surface area contributed by atoms with Crippen molar-refractivity contribution in [1.29, 1.82) is 0 Å². The number of hydrogen-bond donors (Lipinski definition) is 1. The van der Waals surface area contributed by atoms with Crippen LogP contribution >= 0.6 is 15.9 Å². The molecule has 3 nitrogen and oxygen atoms in total. The molecule has 1 unspecified atom stereocenters. The third-order valence-electron chi connectivity index (χ3n) is 2.75. The Morgan fingerprint density at radius 1 is 1.56 bits per heavy atom. The summed E-state index contributed by atoms with van der Waals surface area (Å²) >= 11 is 3.46. The van der Waals surface area contributed by atoms with Gasteiger partial charge in [0, 0.05) is 23.8 Å². The second-order valence-electron chi connectivity index (χ2n) is 4.48. The third kappa shape index (κ3) is 3.85. The first-order valence-electron chi connectivity index (χ1n) is 5.37. The third-order valence-corrected chi connectivity index (χ3v) is 3.42. The van der Waals surface area contributed by atoms with Crippen LogP contribution in [-0.4, -0.2) is 17.7 Å². The summed E-state index contributed by atoms with van der Waals surface area (Å²) in [6.07, 6.45) is 3.53. The molecule has 1 aromatic rings. The Kier molecular flexibility index (Phi) is 4.89. The maximum absolute atomic E-state index is 6.11. The maximum Gasteiger partial charge on any atom is 0.0712 e. The number of nitrogens with zero attached hydrogens (tertiary/aromatic N) is 1. The van der Waals surface area contributed by atoms with Crippen LogP contribution in [0.3, 0.4) is 0 Å². The van der Waals surface area contributed by atoms with E-state index in [9.17, 15) is 0 Å². The average molecular weight is 287 g/mol. The van der Waals surface area contributed by atoms with Crippen molar-refractivity contribution < 1.29 is 4.74 Å². The molecule has 2 N–H and O–H groups in total. The van der Waals surface area contributed by atoms with Gasteiger partial charge >= 0.3 is 0 Å². The van der Waals surface area contributed by atoms with Gasteiger partial charge in [0.15, 0.2) is 0 Å². The highest BCUT2D eigenvalue weighted by Crippen LogP contribution is 2.25. The molecule has 0 radical (unpaired) electrons. The minimum Gasteiger partial charge on any atom is -0.379 e. The molecule has 4 heteroatoms. The molecule has 0 saturated heterocycles. The minimum atomic E-state index is -0.126. The molecular weight excluding hydrogens is 268 g/mol. The highest BCUT2D eigenvalue weighted by Gasteiger charge is 2.19. The van der Waals surface area contributed by atoms with Crippen LogP contribution in [0.4, 0.5) is 0 Å². The quantitative estimate of drug-likeness (QED) is 0.905. The molecule has 0 amide bonds. The summed E-state index contributed by atoms with van der Waals surface area (Å²) in [7, 11) is 1.72. The van der Waals surface area contributed by atoms with Gasteiger partial charge in [-0.15, -0.1) is 0 Å². The van der Waals surface area contributed by atoms with E-state index in [-0.39, 0.29) is 11.6 Å². The zero-order valence-corrected chi connectivity index (χ0v) is 11.6. The van der Waals surface area contributed by atoms with E-state index in [2.05, 4.69) is 34.8 Å². The molecule has 90 valence electrons. The summed E-state index contributed by atoms with van der Waals surface area (Å²) in [5, 5.41) is 0. The Hall–Kier alpha value is -0.450. The average Bonchev–Trinajstić information content (AvgIpc) is 2.27. The van der Waals surface area contributed by atoms with E-state index in [0.717, 1.165) is 23.0 Å². The number of pyridine rings is 1. The standard InChI is InChI=1S/C12H19BrN2O/c1-12(2,16-3)7-6-10(14)11-9(13)5-4-8-15-11/h4-5,8,10H,6-7,14H2,1-3H3. The molecule has 1 atom stereocenters. The molecule has 0 aromatic carbocycles. The van der Waals surface area contributed by atoms with Gasteiger partial charge in [-0.25, -0.2) is 0 Å². The van der Waals surface area contributed by atoms with E-state index >= 15 is 0 Å². The van der Waals surface area contributed by atoms with Crippen LogP contribution in [0.2, 0.25) is 0 Å². The first kappa shape index (κ1) is 13.6. The molecule has 1 rings (SSSR count). The Labute approximate surface area is 106 Å². The molecule has 1 aromatic heterocycles. The maximum atomic E-state index is 6.11. The summed E-state index contributed by atoms with van der Waals surface area (Å²) in [4.78, 5) is 4.29. The number of rotatable bonds is 5. The number of aromatic nitrogens is 1. The summed E-state index contributed by atoms with van der Waals surface area (Å²) < 4.78 is 6.34. The van der Waals surface area contributed by atoms with E-state index in [0.29, 0.717) is 0 Å². The van der Waals surface area contributed by atoms with Crippen molar-refractivity contribution in [1.82, 2.24) is 4.98 Å². The fourth-order valence-electron chi connectivity index (χ4n) is 1.41. The largest absolute Gasteiger partial charge is 0.379 e. The van der Waals surface area contributed by atoms with Gasteiger partial charge in [0.25, 0.3) is 0 Å². The minimum absolute atomic E-state index is 0.0509. The molecular formula is C12H19BrN2O. The van der Waals surface area contributed by atoms with Gasteiger partial charge in [-0.2, -0.15) is 0 Å². The van der Waals surface area contributed by atoms with Crippen molar-refractivity contribution in [3.05, 3.63) is 28.5 Å². The highest BCUT2D eigenvalue weighted by molar-refractivity contribution is 9.10. The van der Waals surface area contributed by atoms with E-state index in [1.54, 1.807) is 13.3 Å². The molecule has 0 fully saturated rings. The van der Waals surface area contributed by atoms with Crippen LogP contribution in [0.5, 0.6) is 0 Å². The van der Waals surface area contributed by atoms with Crippen molar-refractivity contribution in [2.45, 2.75) is 38.3 Å². The zero-order chi connectivity index (χ0) is 12.2. The molecule has 0 aliphatic heterocycles. The van der Waals surface area contributed by atoms with Crippen LogP contribution in [0.25, 0.3) is 0 Å². The van der Waals surface area contributed by atoms with Gasteiger partial charge < -0.3 is 10.5 Å². The molecule has 16 heavy (non-hydrogen) atoms. The molecule has 0 aliphatic rings. The second kappa shape index (κ2) is 5.75. The SMILES string of the molecule is COC(C)(C)CCC(N)c1ncccc1Br. The summed E-state index contributed by atoms with van der Waals surface area (Å²) in [5.74, 6) is 0. The zero-order valence-electron chi connectivity index (χ0n) is 10.0. The van der Waals surface area contributed by atoms with Crippen molar-refractivity contribution >= 4 is 15.9 Å². The monoisotopic (exact) mass is 286 g/mol. The Morgan fingerprint density at radius 3 is 2.81 bits per heavy atom. The van der Waals surface area contributed by atoms with Crippen molar-refractivity contribution in [2.75, 3.05) is 7.11 Å². The predicted octanol–water partition coefficient (Wildman–Crippen LogP) is 3.05. The van der Waals surface area contributed by atoms with Gasteiger partial charge in [0.2, 0.25) is 0 Å². The topological polar surface area (TPSA) is 48.1 Å². The molecule has 0 bridgehead atoms. The van der Waals surface area contributed by atoms with Crippen LogP contribution in [0.1, 0.15) is 38.4 Å². The number of nitrogens with two attached hydrogens (primary N) is 1. The lowest BCUT2D eigenvalue weighted by atomic mass is 9.97. The Bertz CT molecular complexity index is 342. The second-order valence-corrected chi connectivity index (χ2v) is 5.33. The van der Waals surface area contributed by atoms with Crippen molar-refractivity contribution in [2.24, 2.45) is 5.73 Å². The predicted molar refractivity (Wildman–Crippen MR) is 69.2 cm³/mol. The van der Waals surface area contributed by atoms with Gasteiger partial charge in [0.1, 0.15) is 0 Å². The lowest BCUT2D eigenvalue weighted by molar-refractivity contribution is 0.0124. The number of hydrogen-bond acceptors (Lipinski definition) is 3. The van der Waals surface area contributed by atoms with Crippen LogP contribution < -0.4 is 5.73 Å². The van der Waals surface area contributed by atoms with Gasteiger partial charge in [-0.1, -0.05) is 0 Å². The smallest absolute Gasteiger partial charge is 0.0712 e. The van der Waals surface area contributed by atoms with Gasteiger partial charge in [-0.05, 0) is 54.8 Å². The normalized spacial score (nSPS) is 13.8. The fraction of sp³-hybridized carbons (Fsp3) is 0.583. The van der Waals surface area contributed by atoms with E-state index in [1.807, 2.05) is 12.1 Å². The van der Waals surface area contributed by atoms with E-state index in [1.165, 1.54) is 0 Å². The van der Waals surface area contributed by atoms with Gasteiger partial charge in [0.05, 0.1) is 11.3 Å². The highest BCUT2D eigenvalue weighted by atomic mass is 79.9. The Morgan fingerprint density at radius 2 is 2.25 bits per heavy atom. The van der Waals surface area contributed by atoms with E-state index in [4.69, 9.17) is 10.5 Å². The summed E-state index contributed by atoms with van der Waals surface area (Å²) in [6.45, 7) is 4.13. The first-order chi connectivity index (χ1) is 7.46. The molecule has 0 saturated carbocycles. The van der Waals surface area contributed by atoms with Crippen LogP contribution in [-0.2, 0) is 4.74 Å². The molecule has 1 heterocycles. The van der Waals surface area contributed by atoms with Crippen LogP contribution in [0.15, 0.2) is 22.8 Å². The van der Waals surface area contributed by atoms with Crippen molar-refractivity contribution in [3.63, 3.8) is 0 Å².